The molecule has 0 aromatic carbocycles. The van der Waals surface area contributed by atoms with Crippen molar-refractivity contribution < 1.29 is 0 Å². The Labute approximate surface area is 153 Å². The van der Waals surface area contributed by atoms with E-state index in [-0.39, 0.29) is 18.3 Å². The summed E-state index contributed by atoms with van der Waals surface area (Å²) in [7, 11) is 3.24. The lowest BCUT2D eigenvalue weighted by Crippen LogP contribution is -2.12. The summed E-state index contributed by atoms with van der Waals surface area (Å²) in [5, 5.41) is 36.0. The number of anilines is 2. The van der Waals surface area contributed by atoms with E-state index in [4.69, 9.17) is 5.73 Å². The van der Waals surface area contributed by atoms with Crippen LogP contribution < -0.4 is 10.7 Å². The lowest BCUT2D eigenvalue weighted by atomic mass is 10.3. The zero-order chi connectivity index (χ0) is 19.4. The van der Waals surface area contributed by atoms with E-state index in [9.17, 15) is 0 Å². The first-order valence-corrected chi connectivity index (χ1v) is 7.89. The number of aromatic amines is 1. The van der Waals surface area contributed by atoms with E-state index in [1.54, 1.807) is 14.1 Å². The van der Waals surface area contributed by atoms with Gasteiger partial charge in [0.2, 0.25) is 5.95 Å². The second-order valence-electron chi connectivity index (χ2n) is 5.37. The summed E-state index contributed by atoms with van der Waals surface area (Å²) in [6.07, 6.45) is 2.14. The van der Waals surface area contributed by atoms with Gasteiger partial charge in [0.05, 0.1) is 13.5 Å². The zero-order valence-corrected chi connectivity index (χ0v) is 15.2. The fourth-order valence-corrected chi connectivity index (χ4v) is 2.00. The molecular formula is C13H18N14. The third-order valence-electron chi connectivity index (χ3n) is 3.48. The third kappa shape index (κ3) is 3.88. The fourth-order valence-electron chi connectivity index (χ4n) is 2.00. The molecule has 140 valence electrons. The van der Waals surface area contributed by atoms with Gasteiger partial charge in [0, 0.05) is 7.05 Å². The van der Waals surface area contributed by atoms with Crippen molar-refractivity contribution in [1.29, 1.82) is 0 Å². The predicted octanol–water partition coefficient (Wildman–Crippen LogP) is -0.00520. The van der Waals surface area contributed by atoms with Crippen molar-refractivity contribution in [2.75, 3.05) is 24.8 Å². The molecule has 0 fully saturated rings. The standard InChI is InChI=1S/C13H18N14/c1-5-7(2)10-17-11(14)27(24-10)13-22-19-9(20-23-13)6-8-16-12(21-18-8)26(4)25-15-3/h5H,6H2,1-4H3,(H2,14,17,24)(H,16,18,21)/b7-5+,25-15?. The first kappa shape index (κ1) is 18.0. The van der Waals surface area contributed by atoms with Crippen LogP contribution in [0.3, 0.4) is 0 Å². The molecule has 0 aliphatic heterocycles. The van der Waals surface area contributed by atoms with E-state index >= 15 is 0 Å². The lowest BCUT2D eigenvalue weighted by molar-refractivity contribution is 0.694. The minimum Gasteiger partial charge on any atom is -0.368 e. The van der Waals surface area contributed by atoms with E-state index in [2.05, 4.69) is 56.0 Å². The van der Waals surface area contributed by atoms with Crippen LogP contribution in [-0.4, -0.2) is 64.4 Å². The first-order chi connectivity index (χ1) is 13.0. The highest BCUT2D eigenvalue weighted by Crippen LogP contribution is 2.13. The molecule has 0 aliphatic rings. The van der Waals surface area contributed by atoms with Gasteiger partial charge in [-0.1, -0.05) is 11.3 Å². The fraction of sp³-hybridized carbons (Fsp3) is 0.385. The zero-order valence-electron chi connectivity index (χ0n) is 15.2. The topological polar surface area (TPSA) is 178 Å². The van der Waals surface area contributed by atoms with Crippen LogP contribution in [0.25, 0.3) is 11.5 Å². The van der Waals surface area contributed by atoms with E-state index in [0.717, 1.165) is 5.57 Å². The molecule has 3 rings (SSSR count). The third-order valence-corrected chi connectivity index (χ3v) is 3.48. The minimum atomic E-state index is 0.125. The molecule has 0 atom stereocenters. The van der Waals surface area contributed by atoms with Crippen LogP contribution in [0, 0.1) is 0 Å². The summed E-state index contributed by atoms with van der Waals surface area (Å²) in [5.74, 6) is 2.02. The number of hydrogen-bond donors (Lipinski definition) is 2. The molecule has 14 heteroatoms. The number of nitrogens with zero attached hydrogens (tertiary/aromatic N) is 12. The van der Waals surface area contributed by atoms with Crippen molar-refractivity contribution in [3.8, 4) is 5.95 Å². The van der Waals surface area contributed by atoms with Gasteiger partial charge in [0.15, 0.2) is 11.6 Å². The summed E-state index contributed by atoms with van der Waals surface area (Å²) in [6, 6.07) is 0. The molecule has 0 saturated heterocycles. The molecule has 0 unspecified atom stereocenters. The average molecular weight is 370 g/mol. The number of aromatic nitrogens is 10. The maximum atomic E-state index is 5.87. The number of nitrogen functional groups attached to an aromatic ring is 1. The van der Waals surface area contributed by atoms with Crippen molar-refractivity contribution in [2.45, 2.75) is 20.3 Å². The Bertz CT molecular complexity index is 965. The van der Waals surface area contributed by atoms with Gasteiger partial charge in [0.25, 0.3) is 11.9 Å². The van der Waals surface area contributed by atoms with Crippen LogP contribution in [0.1, 0.15) is 31.3 Å². The Morgan fingerprint density at radius 2 is 2.00 bits per heavy atom. The normalized spacial score (nSPS) is 12.1. The van der Waals surface area contributed by atoms with Gasteiger partial charge in [-0.2, -0.15) is 19.8 Å². The van der Waals surface area contributed by atoms with Crippen molar-refractivity contribution in [3.05, 3.63) is 23.5 Å². The summed E-state index contributed by atoms with van der Waals surface area (Å²) in [4.78, 5) is 8.43. The Morgan fingerprint density at radius 3 is 2.67 bits per heavy atom. The van der Waals surface area contributed by atoms with Crippen LogP contribution in [-0.2, 0) is 6.42 Å². The highest BCUT2D eigenvalue weighted by Gasteiger charge is 2.14. The number of hydrogen-bond acceptors (Lipinski definition) is 11. The average Bonchev–Trinajstić information content (AvgIpc) is 3.29. The van der Waals surface area contributed by atoms with Crippen LogP contribution in [0.2, 0.25) is 0 Å². The summed E-state index contributed by atoms with van der Waals surface area (Å²) < 4.78 is 1.28. The highest BCUT2D eigenvalue weighted by molar-refractivity contribution is 5.57. The molecule has 0 spiro atoms. The Kier molecular flexibility index (Phi) is 5.05. The van der Waals surface area contributed by atoms with Gasteiger partial charge in [-0.25, -0.2) is 5.01 Å². The second kappa shape index (κ2) is 7.59. The molecule has 0 amide bonds. The SMILES string of the molecule is C/C=C(\C)c1nc(N)n(-c2nnc(Cc3nc(N(C)N=NC)n[nH]3)nn2)n1. The van der Waals surface area contributed by atoms with E-state index in [1.807, 2.05) is 19.9 Å². The van der Waals surface area contributed by atoms with Crippen molar-refractivity contribution in [2.24, 2.45) is 10.3 Å². The second-order valence-corrected chi connectivity index (χ2v) is 5.37. The number of allylic oxidation sites excluding steroid dienone is 2. The molecule has 14 nitrogen and oxygen atoms in total. The van der Waals surface area contributed by atoms with E-state index in [0.29, 0.717) is 23.4 Å². The van der Waals surface area contributed by atoms with Gasteiger partial charge in [-0.3, -0.25) is 5.10 Å². The summed E-state index contributed by atoms with van der Waals surface area (Å²) >= 11 is 0. The van der Waals surface area contributed by atoms with Crippen LogP contribution in [0.5, 0.6) is 0 Å². The number of nitrogens with two attached hydrogens (primary N) is 1. The lowest BCUT2D eigenvalue weighted by Gasteiger charge is -2.03. The molecular weight excluding hydrogens is 352 g/mol. The van der Waals surface area contributed by atoms with E-state index < -0.39 is 0 Å². The van der Waals surface area contributed by atoms with Gasteiger partial charge in [-0.05, 0) is 19.4 Å². The molecule has 0 bridgehead atoms. The van der Waals surface area contributed by atoms with Crippen molar-refractivity contribution in [1.82, 2.24) is 50.3 Å². The van der Waals surface area contributed by atoms with Crippen LogP contribution >= 0.6 is 0 Å². The quantitative estimate of drug-likeness (QED) is 0.443. The van der Waals surface area contributed by atoms with Gasteiger partial charge in [-0.15, -0.1) is 30.6 Å². The Hall–Kier alpha value is -3.84. The molecule has 0 radical (unpaired) electrons. The molecule has 3 aromatic heterocycles. The maximum absolute atomic E-state index is 5.87. The molecule has 3 N–H and O–H groups in total. The van der Waals surface area contributed by atoms with Gasteiger partial charge >= 0.3 is 0 Å². The van der Waals surface area contributed by atoms with Gasteiger partial charge in [0.1, 0.15) is 5.82 Å². The molecule has 0 saturated carbocycles. The maximum Gasteiger partial charge on any atom is 0.292 e. The Balaban J connectivity index is 1.75. The highest BCUT2D eigenvalue weighted by atomic mass is 15.6. The van der Waals surface area contributed by atoms with Crippen LogP contribution in [0.4, 0.5) is 11.9 Å². The van der Waals surface area contributed by atoms with Gasteiger partial charge < -0.3 is 5.73 Å². The first-order valence-electron chi connectivity index (χ1n) is 7.89. The minimum absolute atomic E-state index is 0.125. The smallest absolute Gasteiger partial charge is 0.292 e. The van der Waals surface area contributed by atoms with Crippen molar-refractivity contribution in [3.63, 3.8) is 0 Å². The van der Waals surface area contributed by atoms with E-state index in [1.165, 1.54) is 9.69 Å². The Morgan fingerprint density at radius 1 is 1.26 bits per heavy atom. The predicted molar refractivity (Wildman–Crippen MR) is 94.6 cm³/mol. The summed E-state index contributed by atoms with van der Waals surface area (Å²) in [6.45, 7) is 3.77. The summed E-state index contributed by atoms with van der Waals surface area (Å²) in [5.41, 5.74) is 6.75. The molecule has 3 aromatic rings. The van der Waals surface area contributed by atoms with Crippen LogP contribution in [0.15, 0.2) is 16.4 Å². The monoisotopic (exact) mass is 370 g/mol. The molecule has 3 heterocycles. The molecule has 27 heavy (non-hydrogen) atoms. The van der Waals surface area contributed by atoms with Crippen molar-refractivity contribution >= 4 is 17.5 Å². The largest absolute Gasteiger partial charge is 0.368 e. The number of rotatable bonds is 6. The molecule has 0 aliphatic carbocycles. The number of nitrogens with one attached hydrogen (secondary N) is 1. The number of H-pyrrole nitrogens is 1.